The molecule has 15 heteroatoms. The van der Waals surface area contributed by atoms with Crippen LogP contribution in [0.15, 0.2) is 42.7 Å². The number of hydroxylamine groups is 2. The highest BCUT2D eigenvalue weighted by Gasteiger charge is 2.25. The molecular weight excluding hydrogens is 587 g/mol. The molecule has 0 aromatic carbocycles. The van der Waals surface area contributed by atoms with E-state index in [0.29, 0.717) is 62.2 Å². The summed E-state index contributed by atoms with van der Waals surface area (Å²) in [6, 6.07) is 7.52. The van der Waals surface area contributed by atoms with Crippen LogP contribution in [-0.2, 0) is 21.4 Å². The number of urea groups is 1. The predicted octanol–water partition coefficient (Wildman–Crippen LogP) is 2.25. The Kier molecular flexibility index (Phi) is 14.1. The number of methoxy groups -OCH3 is 2. The number of pyridine rings is 2. The molecule has 2 aliphatic rings. The number of hydrogen-bond donors (Lipinski definition) is 3. The fourth-order valence-corrected chi connectivity index (χ4v) is 4.41. The zero-order chi connectivity index (χ0) is 32.6. The van der Waals surface area contributed by atoms with Gasteiger partial charge in [-0.2, -0.15) is 14.6 Å². The number of hydrogen-bond acceptors (Lipinski definition) is 10. The van der Waals surface area contributed by atoms with Crippen molar-refractivity contribution in [3.05, 3.63) is 54.2 Å². The van der Waals surface area contributed by atoms with Crippen molar-refractivity contribution >= 4 is 17.8 Å². The van der Waals surface area contributed by atoms with Crippen LogP contribution in [0.25, 0.3) is 11.3 Å². The lowest BCUT2D eigenvalue weighted by atomic mass is 10.1. The van der Waals surface area contributed by atoms with Crippen molar-refractivity contribution in [3.63, 3.8) is 0 Å². The first-order chi connectivity index (χ1) is 21.9. The minimum absolute atomic E-state index is 0.0427. The van der Waals surface area contributed by atoms with Crippen LogP contribution in [-0.4, -0.2) is 103 Å². The van der Waals surface area contributed by atoms with Crippen molar-refractivity contribution < 1.29 is 33.0 Å². The first-order valence-corrected chi connectivity index (χ1v) is 14.2. The van der Waals surface area contributed by atoms with Gasteiger partial charge < -0.3 is 24.8 Å². The van der Waals surface area contributed by atoms with E-state index >= 15 is 0 Å². The van der Waals surface area contributed by atoms with Crippen molar-refractivity contribution in [2.75, 3.05) is 59.1 Å². The van der Waals surface area contributed by atoms with Gasteiger partial charge in [0.05, 0.1) is 32.1 Å². The molecule has 14 nitrogen and oxygen atoms in total. The Labute approximate surface area is 261 Å². The van der Waals surface area contributed by atoms with E-state index in [0.717, 1.165) is 12.8 Å². The molecule has 3 amide bonds. The molecule has 0 bridgehead atoms. The van der Waals surface area contributed by atoms with Crippen LogP contribution in [0.4, 0.5) is 15.0 Å². The van der Waals surface area contributed by atoms with Gasteiger partial charge in [-0.25, -0.2) is 14.8 Å². The number of amides is 3. The first-order valence-electron chi connectivity index (χ1n) is 14.2. The normalized spacial score (nSPS) is 16.4. The standard InChI is InChI=1S/C23H33N7O6.C5H4FN.C2H2/c1-29-20(27-23(32)26-17-13-30(36-14-17)6-9-33-2)11-19(28-29)15-10-18(22(34-3)24-12-15)21(31)25-16-4-7-35-8-5-16;6-5-3-1-2-4-7-5;1-2/h10-12,16-17H,4-9,13-14H2,1-3H3,(H,25,31)(H2,26,27,32);1-4H;1-2H/t17-;;/m1../s1. The minimum atomic E-state index is -0.428. The zero-order valence-corrected chi connectivity index (χ0v) is 25.6. The van der Waals surface area contributed by atoms with Gasteiger partial charge >= 0.3 is 6.03 Å². The molecule has 0 unspecified atom stereocenters. The Hall–Kier alpha value is -4.62. The third-order valence-corrected chi connectivity index (χ3v) is 6.65. The number of aryl methyl sites for hydroxylation is 1. The number of nitrogens with one attached hydrogen (secondary N) is 3. The largest absolute Gasteiger partial charge is 0.480 e. The maximum absolute atomic E-state index is 13.0. The molecule has 3 N–H and O–H groups in total. The van der Waals surface area contributed by atoms with Crippen LogP contribution in [0.1, 0.15) is 23.2 Å². The van der Waals surface area contributed by atoms with Gasteiger partial charge in [0.2, 0.25) is 11.8 Å². The monoisotopic (exact) mass is 626 g/mol. The molecule has 0 aliphatic carbocycles. The third-order valence-electron chi connectivity index (χ3n) is 6.65. The minimum Gasteiger partial charge on any atom is -0.480 e. The van der Waals surface area contributed by atoms with Crippen molar-refractivity contribution in [2.24, 2.45) is 7.05 Å². The first kappa shape index (κ1) is 34.9. The molecule has 242 valence electrons. The van der Waals surface area contributed by atoms with Gasteiger partial charge in [-0.1, -0.05) is 6.07 Å². The fraction of sp³-hybridized carbons (Fsp3) is 0.433. The number of carbonyl (C=O) groups excluding carboxylic acids is 2. The topological polar surface area (TPSA) is 154 Å². The summed E-state index contributed by atoms with van der Waals surface area (Å²) < 4.78 is 29.1. The molecule has 2 fully saturated rings. The van der Waals surface area contributed by atoms with Crippen LogP contribution in [0.2, 0.25) is 0 Å². The zero-order valence-electron chi connectivity index (χ0n) is 25.6. The van der Waals surface area contributed by atoms with Gasteiger partial charge in [0.1, 0.15) is 11.4 Å². The van der Waals surface area contributed by atoms with E-state index in [4.69, 9.17) is 19.0 Å². The average Bonchev–Trinajstić information content (AvgIpc) is 3.67. The summed E-state index contributed by atoms with van der Waals surface area (Å²) in [7, 11) is 4.83. The Morgan fingerprint density at radius 2 is 1.89 bits per heavy atom. The molecule has 5 rings (SSSR count). The lowest BCUT2D eigenvalue weighted by Gasteiger charge is -2.23. The molecule has 0 saturated carbocycles. The summed E-state index contributed by atoms with van der Waals surface area (Å²) in [5.74, 6) is 0.0274. The number of ether oxygens (including phenoxy) is 3. The Morgan fingerprint density at radius 3 is 2.53 bits per heavy atom. The molecule has 5 heterocycles. The number of terminal acetylenes is 1. The van der Waals surface area contributed by atoms with E-state index in [1.165, 1.54) is 19.4 Å². The molecule has 45 heavy (non-hydrogen) atoms. The van der Waals surface area contributed by atoms with Crippen molar-refractivity contribution in [1.82, 2.24) is 35.4 Å². The molecular formula is C30H39FN8O6. The van der Waals surface area contributed by atoms with E-state index in [2.05, 4.69) is 43.9 Å². The highest BCUT2D eigenvalue weighted by Crippen LogP contribution is 2.26. The van der Waals surface area contributed by atoms with Crippen molar-refractivity contribution in [1.29, 1.82) is 0 Å². The number of halogens is 1. The maximum atomic E-state index is 13.0. The number of anilines is 1. The third kappa shape index (κ3) is 10.8. The molecule has 1 atom stereocenters. The predicted molar refractivity (Wildman–Crippen MR) is 164 cm³/mol. The Balaban J connectivity index is 0.000000534. The highest BCUT2D eigenvalue weighted by atomic mass is 19.1. The average molecular weight is 627 g/mol. The van der Waals surface area contributed by atoms with E-state index < -0.39 is 5.95 Å². The second kappa shape index (κ2) is 18.2. The summed E-state index contributed by atoms with van der Waals surface area (Å²) in [4.78, 5) is 38.7. The van der Waals surface area contributed by atoms with Crippen LogP contribution >= 0.6 is 0 Å². The van der Waals surface area contributed by atoms with Gasteiger partial charge in [0.15, 0.2) is 0 Å². The SMILES string of the molecule is C#C.COCCN1C[C@@H](NC(=O)Nc2cc(-c3cnc(OC)c(C(=O)NC4CCOCC4)c3)nn2C)CO1.Fc1ccccn1. The molecule has 0 spiro atoms. The molecule has 3 aromatic heterocycles. The highest BCUT2D eigenvalue weighted by molar-refractivity contribution is 5.97. The number of nitrogens with zero attached hydrogens (tertiary/aromatic N) is 5. The van der Waals surface area contributed by atoms with Crippen molar-refractivity contribution in [2.45, 2.75) is 24.9 Å². The smallest absolute Gasteiger partial charge is 0.320 e. The Morgan fingerprint density at radius 1 is 1.11 bits per heavy atom. The fourth-order valence-electron chi connectivity index (χ4n) is 4.41. The summed E-state index contributed by atoms with van der Waals surface area (Å²) >= 11 is 0. The van der Waals surface area contributed by atoms with Crippen LogP contribution in [0.3, 0.4) is 0 Å². The second-order valence-electron chi connectivity index (χ2n) is 9.80. The molecule has 2 saturated heterocycles. The second-order valence-corrected chi connectivity index (χ2v) is 9.80. The van der Waals surface area contributed by atoms with Gasteiger partial charge in [-0.15, -0.1) is 12.8 Å². The summed E-state index contributed by atoms with van der Waals surface area (Å²) in [5, 5.41) is 15.0. The van der Waals surface area contributed by atoms with E-state index in [-0.39, 0.29) is 29.9 Å². The van der Waals surface area contributed by atoms with E-state index in [1.54, 1.807) is 54.4 Å². The van der Waals surface area contributed by atoms with Crippen LogP contribution < -0.4 is 20.7 Å². The summed E-state index contributed by atoms with van der Waals surface area (Å²) in [6.07, 6.45) is 12.5. The van der Waals surface area contributed by atoms with Gasteiger partial charge in [0, 0.05) is 70.5 Å². The van der Waals surface area contributed by atoms with Gasteiger partial charge in [-0.3, -0.25) is 19.6 Å². The lowest BCUT2D eigenvalue weighted by Crippen LogP contribution is -2.41. The number of rotatable bonds is 9. The Bertz CT molecular complexity index is 1380. The molecule has 2 aliphatic heterocycles. The van der Waals surface area contributed by atoms with E-state index in [1.807, 2.05) is 0 Å². The van der Waals surface area contributed by atoms with Crippen LogP contribution in [0.5, 0.6) is 5.88 Å². The van der Waals surface area contributed by atoms with Crippen molar-refractivity contribution in [3.8, 4) is 30.0 Å². The quantitative estimate of drug-likeness (QED) is 0.238. The lowest BCUT2D eigenvalue weighted by molar-refractivity contribution is -0.118. The molecule has 3 aromatic rings. The van der Waals surface area contributed by atoms with E-state index in [9.17, 15) is 14.0 Å². The summed E-state index contributed by atoms with van der Waals surface area (Å²) in [5.41, 5.74) is 1.49. The maximum Gasteiger partial charge on any atom is 0.320 e. The van der Waals surface area contributed by atoms with Crippen LogP contribution in [0, 0.1) is 18.8 Å². The molecule has 0 radical (unpaired) electrons. The van der Waals surface area contributed by atoms with Gasteiger partial charge in [0.25, 0.3) is 5.91 Å². The number of carbonyl (C=O) groups is 2. The number of aromatic nitrogens is 4. The van der Waals surface area contributed by atoms with Gasteiger partial charge in [-0.05, 0) is 31.0 Å². The summed E-state index contributed by atoms with van der Waals surface area (Å²) in [6.45, 7) is 3.39.